The Kier molecular flexibility index (Phi) is 2.90. The molecule has 1 heterocycles. The van der Waals surface area contributed by atoms with Crippen LogP contribution in [0.15, 0.2) is 0 Å². The molecule has 0 aliphatic carbocycles. The zero-order chi connectivity index (χ0) is 8.43. The van der Waals surface area contributed by atoms with Crippen LogP contribution in [0.5, 0.6) is 0 Å². The fraction of sp³-hybridized carbons (Fsp3) is 1.00. The van der Waals surface area contributed by atoms with Crippen LogP contribution < -0.4 is 0 Å². The molecule has 0 radical (unpaired) electrons. The van der Waals surface area contributed by atoms with Gasteiger partial charge in [0.1, 0.15) is 0 Å². The van der Waals surface area contributed by atoms with Crippen LogP contribution in [0.3, 0.4) is 0 Å². The van der Waals surface area contributed by atoms with Crippen molar-refractivity contribution >= 4 is 0 Å². The SMILES string of the molecule is C[C@H]1C[C@H](CN(C)C)N(C)C1. The lowest BCUT2D eigenvalue weighted by molar-refractivity contribution is 0.243. The van der Waals surface area contributed by atoms with Crippen LogP contribution >= 0.6 is 0 Å². The first-order chi connectivity index (χ1) is 5.09. The number of hydrogen-bond acceptors (Lipinski definition) is 2. The van der Waals surface area contributed by atoms with Gasteiger partial charge in [-0.3, -0.25) is 0 Å². The van der Waals surface area contributed by atoms with Crippen LogP contribution in [0.4, 0.5) is 0 Å². The van der Waals surface area contributed by atoms with E-state index in [2.05, 4.69) is 37.9 Å². The highest BCUT2D eigenvalue weighted by molar-refractivity contribution is 4.82. The van der Waals surface area contributed by atoms with Gasteiger partial charge in [-0.2, -0.15) is 0 Å². The van der Waals surface area contributed by atoms with Crippen molar-refractivity contribution in [2.24, 2.45) is 5.92 Å². The quantitative estimate of drug-likeness (QED) is 0.586. The largest absolute Gasteiger partial charge is 0.308 e. The zero-order valence-corrected chi connectivity index (χ0v) is 8.17. The molecule has 0 aromatic rings. The molecule has 0 aromatic carbocycles. The topological polar surface area (TPSA) is 6.48 Å². The Bertz CT molecular complexity index is 123. The van der Waals surface area contributed by atoms with Crippen molar-refractivity contribution in [2.45, 2.75) is 19.4 Å². The molecule has 1 saturated heterocycles. The number of rotatable bonds is 2. The molecule has 1 fully saturated rings. The molecule has 66 valence electrons. The van der Waals surface area contributed by atoms with Crippen LogP contribution in [0.25, 0.3) is 0 Å². The second-order valence-corrected chi connectivity index (χ2v) is 4.20. The summed E-state index contributed by atoms with van der Waals surface area (Å²) in [5.41, 5.74) is 0. The van der Waals surface area contributed by atoms with E-state index in [1.807, 2.05) is 0 Å². The lowest BCUT2D eigenvalue weighted by Gasteiger charge is -2.22. The molecule has 1 aliphatic heterocycles. The van der Waals surface area contributed by atoms with Gasteiger partial charge >= 0.3 is 0 Å². The Morgan fingerprint density at radius 3 is 2.45 bits per heavy atom. The van der Waals surface area contributed by atoms with Crippen LogP contribution in [-0.2, 0) is 0 Å². The Balaban J connectivity index is 2.34. The molecule has 2 heteroatoms. The maximum Gasteiger partial charge on any atom is 0.0223 e. The van der Waals surface area contributed by atoms with E-state index in [-0.39, 0.29) is 0 Å². The molecule has 0 N–H and O–H groups in total. The molecule has 2 nitrogen and oxygen atoms in total. The van der Waals surface area contributed by atoms with Crippen LogP contribution in [-0.4, -0.2) is 50.1 Å². The van der Waals surface area contributed by atoms with Gasteiger partial charge in [-0.1, -0.05) is 6.92 Å². The highest BCUT2D eigenvalue weighted by Crippen LogP contribution is 2.20. The summed E-state index contributed by atoms with van der Waals surface area (Å²) in [6.07, 6.45) is 1.37. The van der Waals surface area contributed by atoms with E-state index in [0.29, 0.717) is 0 Å². The summed E-state index contributed by atoms with van der Waals surface area (Å²) in [4.78, 5) is 4.75. The maximum absolute atomic E-state index is 2.48. The van der Waals surface area contributed by atoms with Gasteiger partial charge in [0.15, 0.2) is 0 Å². The highest BCUT2D eigenvalue weighted by atomic mass is 15.2. The molecule has 0 unspecified atom stereocenters. The van der Waals surface area contributed by atoms with E-state index in [9.17, 15) is 0 Å². The van der Waals surface area contributed by atoms with Gasteiger partial charge in [0.2, 0.25) is 0 Å². The molecule has 1 rings (SSSR count). The molecule has 11 heavy (non-hydrogen) atoms. The number of likely N-dealkylation sites (tertiary alicyclic amines) is 1. The summed E-state index contributed by atoms with van der Waals surface area (Å²) in [5, 5.41) is 0. The minimum absolute atomic E-state index is 0.792. The monoisotopic (exact) mass is 156 g/mol. The van der Waals surface area contributed by atoms with Crippen molar-refractivity contribution in [3.05, 3.63) is 0 Å². The average molecular weight is 156 g/mol. The van der Waals surface area contributed by atoms with E-state index < -0.39 is 0 Å². The van der Waals surface area contributed by atoms with Crippen LogP contribution in [0, 0.1) is 5.92 Å². The summed E-state index contributed by atoms with van der Waals surface area (Å²) in [5.74, 6) is 0.893. The third kappa shape index (κ3) is 2.46. The molecule has 0 amide bonds. The van der Waals surface area contributed by atoms with Crippen molar-refractivity contribution < 1.29 is 0 Å². The maximum atomic E-state index is 2.48. The zero-order valence-electron chi connectivity index (χ0n) is 8.17. The fourth-order valence-electron chi connectivity index (χ4n) is 2.00. The van der Waals surface area contributed by atoms with Gasteiger partial charge < -0.3 is 9.80 Å². The second-order valence-electron chi connectivity index (χ2n) is 4.20. The summed E-state index contributed by atoms with van der Waals surface area (Å²) >= 11 is 0. The number of hydrogen-bond donors (Lipinski definition) is 0. The van der Waals surface area contributed by atoms with Crippen molar-refractivity contribution in [3.63, 3.8) is 0 Å². The molecular formula is C9H20N2. The van der Waals surface area contributed by atoms with Crippen molar-refractivity contribution in [1.82, 2.24) is 9.80 Å². The summed E-state index contributed by atoms with van der Waals surface area (Å²) in [7, 11) is 6.53. The second kappa shape index (κ2) is 3.55. The van der Waals surface area contributed by atoms with Gasteiger partial charge in [0.25, 0.3) is 0 Å². The Morgan fingerprint density at radius 1 is 1.45 bits per heavy atom. The smallest absolute Gasteiger partial charge is 0.0223 e. The molecule has 0 spiro atoms. The first-order valence-corrected chi connectivity index (χ1v) is 4.44. The van der Waals surface area contributed by atoms with Gasteiger partial charge in [0.05, 0.1) is 0 Å². The van der Waals surface area contributed by atoms with E-state index in [1.165, 1.54) is 19.5 Å². The minimum atomic E-state index is 0.792. The summed E-state index contributed by atoms with van der Waals surface area (Å²) in [6, 6.07) is 0.792. The van der Waals surface area contributed by atoms with E-state index in [0.717, 1.165) is 12.0 Å². The van der Waals surface area contributed by atoms with Crippen molar-refractivity contribution in [1.29, 1.82) is 0 Å². The predicted octanol–water partition coefficient (Wildman–Crippen LogP) is 0.888. The lowest BCUT2D eigenvalue weighted by Crippen LogP contribution is -2.34. The van der Waals surface area contributed by atoms with Crippen molar-refractivity contribution in [3.8, 4) is 0 Å². The Morgan fingerprint density at radius 2 is 2.09 bits per heavy atom. The minimum Gasteiger partial charge on any atom is -0.308 e. The summed E-state index contributed by atoms with van der Waals surface area (Å²) in [6.45, 7) is 4.82. The Hall–Kier alpha value is -0.0800. The van der Waals surface area contributed by atoms with E-state index >= 15 is 0 Å². The van der Waals surface area contributed by atoms with E-state index in [1.54, 1.807) is 0 Å². The first-order valence-electron chi connectivity index (χ1n) is 4.44. The number of nitrogens with zero attached hydrogens (tertiary/aromatic N) is 2. The lowest BCUT2D eigenvalue weighted by atomic mass is 10.1. The van der Waals surface area contributed by atoms with Gasteiger partial charge in [-0.25, -0.2) is 0 Å². The molecule has 0 aromatic heterocycles. The fourth-order valence-corrected chi connectivity index (χ4v) is 2.00. The Labute approximate surface area is 70.2 Å². The molecular weight excluding hydrogens is 136 g/mol. The first kappa shape index (κ1) is 9.01. The summed E-state index contributed by atoms with van der Waals surface area (Å²) < 4.78 is 0. The third-order valence-corrected chi connectivity index (χ3v) is 2.47. The van der Waals surface area contributed by atoms with Crippen molar-refractivity contribution in [2.75, 3.05) is 34.2 Å². The molecule has 1 aliphatic rings. The van der Waals surface area contributed by atoms with Crippen LogP contribution in [0.2, 0.25) is 0 Å². The van der Waals surface area contributed by atoms with Crippen LogP contribution in [0.1, 0.15) is 13.3 Å². The standard InChI is InChI=1S/C9H20N2/c1-8-5-9(7-10(2)3)11(4)6-8/h8-9H,5-7H2,1-4H3/t8-,9+/m0/s1. The molecule has 0 saturated carbocycles. The average Bonchev–Trinajstić information content (AvgIpc) is 2.09. The van der Waals surface area contributed by atoms with Gasteiger partial charge in [0, 0.05) is 19.1 Å². The van der Waals surface area contributed by atoms with E-state index in [4.69, 9.17) is 0 Å². The molecule has 0 bridgehead atoms. The number of likely N-dealkylation sites (N-methyl/N-ethyl adjacent to an activating group) is 2. The third-order valence-electron chi connectivity index (χ3n) is 2.47. The normalized spacial score (nSPS) is 33.5. The van der Waals surface area contributed by atoms with Gasteiger partial charge in [-0.15, -0.1) is 0 Å². The predicted molar refractivity (Wildman–Crippen MR) is 48.8 cm³/mol. The molecule has 2 atom stereocenters. The van der Waals surface area contributed by atoms with Gasteiger partial charge in [-0.05, 0) is 33.5 Å². The highest BCUT2D eigenvalue weighted by Gasteiger charge is 2.26.